The SMILES string of the molecule is Cc1cc(OCc2ccc(/C=C/C(=O)c3ccc(-n4ccnc4)cc3)o2)ccc1[N+](=O)[O-]. The molecular weight excluding hydrogens is 410 g/mol. The van der Waals surface area contributed by atoms with Gasteiger partial charge in [-0.05, 0) is 67.6 Å². The molecule has 8 heteroatoms. The van der Waals surface area contributed by atoms with Crippen LogP contribution in [0.3, 0.4) is 0 Å². The van der Waals surface area contributed by atoms with Crippen molar-refractivity contribution in [3.05, 3.63) is 112 Å². The third-order valence-corrected chi connectivity index (χ3v) is 4.78. The summed E-state index contributed by atoms with van der Waals surface area (Å²) in [6, 6.07) is 15.3. The number of aryl methyl sites for hydroxylation is 1. The van der Waals surface area contributed by atoms with Crippen LogP contribution in [-0.2, 0) is 6.61 Å². The van der Waals surface area contributed by atoms with Gasteiger partial charge in [-0.3, -0.25) is 14.9 Å². The van der Waals surface area contributed by atoms with Gasteiger partial charge in [-0.1, -0.05) is 0 Å². The molecule has 4 rings (SSSR count). The van der Waals surface area contributed by atoms with E-state index in [4.69, 9.17) is 9.15 Å². The number of carbonyl (C=O) groups is 1. The highest BCUT2D eigenvalue weighted by Crippen LogP contribution is 2.24. The van der Waals surface area contributed by atoms with Crippen LogP contribution in [0.4, 0.5) is 5.69 Å². The quantitative estimate of drug-likeness (QED) is 0.166. The van der Waals surface area contributed by atoms with E-state index in [1.807, 2.05) is 22.9 Å². The first kappa shape index (κ1) is 20.8. The monoisotopic (exact) mass is 429 g/mol. The lowest BCUT2D eigenvalue weighted by Gasteiger charge is -2.05. The minimum atomic E-state index is -0.431. The molecule has 0 saturated heterocycles. The van der Waals surface area contributed by atoms with E-state index in [-0.39, 0.29) is 18.1 Å². The molecule has 0 unspecified atom stereocenters. The lowest BCUT2D eigenvalue weighted by atomic mass is 10.1. The van der Waals surface area contributed by atoms with Crippen LogP contribution < -0.4 is 4.74 Å². The number of hydrogen-bond donors (Lipinski definition) is 0. The Morgan fingerprint density at radius 3 is 2.69 bits per heavy atom. The van der Waals surface area contributed by atoms with Crippen molar-refractivity contribution in [3.63, 3.8) is 0 Å². The zero-order valence-electron chi connectivity index (χ0n) is 17.2. The Morgan fingerprint density at radius 1 is 1.19 bits per heavy atom. The summed E-state index contributed by atoms with van der Waals surface area (Å²) in [5, 5.41) is 10.9. The van der Waals surface area contributed by atoms with E-state index >= 15 is 0 Å². The summed E-state index contributed by atoms with van der Waals surface area (Å²) in [5.74, 6) is 1.46. The standard InChI is InChI=1S/C24H19N3O5/c1-17-14-21(8-10-23(17)27(29)30)31-15-22-7-6-20(32-22)9-11-24(28)18-2-4-19(5-3-18)26-13-12-25-16-26/h2-14,16H,15H2,1H3/b11-9+. The average Bonchev–Trinajstić information content (AvgIpc) is 3.48. The molecule has 0 saturated carbocycles. The van der Waals surface area contributed by atoms with E-state index in [0.29, 0.717) is 28.4 Å². The van der Waals surface area contributed by atoms with Crippen LogP contribution in [0.5, 0.6) is 5.75 Å². The van der Waals surface area contributed by atoms with E-state index in [9.17, 15) is 14.9 Å². The van der Waals surface area contributed by atoms with Gasteiger partial charge in [-0.15, -0.1) is 0 Å². The lowest BCUT2D eigenvalue weighted by molar-refractivity contribution is -0.385. The number of ether oxygens (including phenoxy) is 1. The minimum absolute atomic E-state index is 0.0452. The summed E-state index contributed by atoms with van der Waals surface area (Å²) in [6.07, 6.45) is 8.27. The molecule has 0 spiro atoms. The highest BCUT2D eigenvalue weighted by Gasteiger charge is 2.11. The van der Waals surface area contributed by atoms with E-state index in [0.717, 1.165) is 5.69 Å². The summed E-state index contributed by atoms with van der Waals surface area (Å²) < 4.78 is 13.2. The molecule has 0 N–H and O–H groups in total. The van der Waals surface area contributed by atoms with Crippen molar-refractivity contribution < 1.29 is 18.9 Å². The Morgan fingerprint density at radius 2 is 2.00 bits per heavy atom. The molecule has 160 valence electrons. The molecule has 2 heterocycles. The van der Waals surface area contributed by atoms with Crippen molar-refractivity contribution in [2.75, 3.05) is 0 Å². The summed E-state index contributed by atoms with van der Waals surface area (Å²) in [6.45, 7) is 1.82. The number of hydrogen-bond acceptors (Lipinski definition) is 6. The molecule has 4 aromatic rings. The molecule has 32 heavy (non-hydrogen) atoms. The van der Waals surface area contributed by atoms with Gasteiger partial charge in [0.25, 0.3) is 5.69 Å². The van der Waals surface area contributed by atoms with Gasteiger partial charge >= 0.3 is 0 Å². The zero-order chi connectivity index (χ0) is 22.5. The van der Waals surface area contributed by atoms with Gasteiger partial charge in [-0.2, -0.15) is 0 Å². The summed E-state index contributed by atoms with van der Waals surface area (Å²) in [7, 11) is 0. The largest absolute Gasteiger partial charge is 0.486 e. The summed E-state index contributed by atoms with van der Waals surface area (Å²) >= 11 is 0. The Kier molecular flexibility index (Phi) is 5.94. The van der Waals surface area contributed by atoms with Crippen molar-refractivity contribution >= 4 is 17.5 Å². The first-order chi connectivity index (χ1) is 15.5. The number of benzene rings is 2. The van der Waals surface area contributed by atoms with Crippen LogP contribution >= 0.6 is 0 Å². The third kappa shape index (κ3) is 4.81. The number of carbonyl (C=O) groups excluding carboxylic acids is 1. The van der Waals surface area contributed by atoms with E-state index in [1.165, 1.54) is 12.1 Å². The van der Waals surface area contributed by atoms with Crippen LogP contribution in [0.1, 0.15) is 27.4 Å². The normalized spacial score (nSPS) is 11.0. The van der Waals surface area contributed by atoms with Gasteiger partial charge in [0.15, 0.2) is 5.78 Å². The predicted molar refractivity (Wildman–Crippen MR) is 118 cm³/mol. The molecule has 2 aromatic carbocycles. The number of nitro benzene ring substituents is 1. The van der Waals surface area contributed by atoms with Gasteiger partial charge in [0, 0.05) is 35.3 Å². The van der Waals surface area contributed by atoms with Crippen LogP contribution in [-0.4, -0.2) is 20.3 Å². The maximum Gasteiger partial charge on any atom is 0.272 e. The van der Waals surface area contributed by atoms with Gasteiger partial charge in [0.1, 0.15) is 23.9 Å². The van der Waals surface area contributed by atoms with Crippen molar-refractivity contribution in [1.29, 1.82) is 0 Å². The first-order valence-corrected chi connectivity index (χ1v) is 9.77. The first-order valence-electron chi connectivity index (χ1n) is 9.77. The molecule has 2 aromatic heterocycles. The number of nitrogens with zero attached hydrogens (tertiary/aromatic N) is 3. The van der Waals surface area contributed by atoms with E-state index in [2.05, 4.69) is 4.98 Å². The average molecular weight is 429 g/mol. The maximum absolute atomic E-state index is 12.4. The molecule has 8 nitrogen and oxygen atoms in total. The molecule has 0 bridgehead atoms. The fraction of sp³-hybridized carbons (Fsp3) is 0.0833. The second-order valence-corrected chi connectivity index (χ2v) is 7.01. The fourth-order valence-electron chi connectivity index (χ4n) is 3.10. The molecule has 0 radical (unpaired) electrons. The Bertz CT molecular complexity index is 1270. The number of aromatic nitrogens is 2. The number of imidazole rings is 1. The van der Waals surface area contributed by atoms with E-state index < -0.39 is 4.92 Å². The van der Waals surface area contributed by atoms with Crippen LogP contribution in [0, 0.1) is 17.0 Å². The predicted octanol–water partition coefficient (Wildman–Crippen LogP) is 5.16. The number of ketones is 1. The summed E-state index contributed by atoms with van der Waals surface area (Å²) in [5.41, 5.74) is 2.05. The van der Waals surface area contributed by atoms with Crippen molar-refractivity contribution in [2.24, 2.45) is 0 Å². The summed E-state index contributed by atoms with van der Waals surface area (Å²) in [4.78, 5) is 26.9. The molecular formula is C24H19N3O5. The number of furan rings is 1. The third-order valence-electron chi connectivity index (χ3n) is 4.78. The van der Waals surface area contributed by atoms with Crippen LogP contribution in [0.2, 0.25) is 0 Å². The zero-order valence-corrected chi connectivity index (χ0v) is 17.2. The fourth-order valence-corrected chi connectivity index (χ4v) is 3.10. The number of allylic oxidation sites excluding steroid dienone is 1. The Hall–Kier alpha value is -4.46. The number of nitro groups is 1. The van der Waals surface area contributed by atoms with Gasteiger partial charge < -0.3 is 13.7 Å². The molecule has 0 fully saturated rings. The molecule has 0 aliphatic carbocycles. The highest BCUT2D eigenvalue weighted by atomic mass is 16.6. The second-order valence-electron chi connectivity index (χ2n) is 7.01. The second kappa shape index (κ2) is 9.13. The molecule has 0 atom stereocenters. The van der Waals surface area contributed by atoms with Gasteiger partial charge in [0.2, 0.25) is 0 Å². The van der Waals surface area contributed by atoms with Crippen LogP contribution in [0.15, 0.2) is 83.8 Å². The van der Waals surface area contributed by atoms with Crippen molar-refractivity contribution in [2.45, 2.75) is 13.5 Å². The lowest BCUT2D eigenvalue weighted by Crippen LogP contribution is -1.96. The smallest absolute Gasteiger partial charge is 0.272 e. The van der Waals surface area contributed by atoms with Gasteiger partial charge in [0.05, 0.1) is 11.3 Å². The maximum atomic E-state index is 12.4. The highest BCUT2D eigenvalue weighted by molar-refractivity contribution is 6.06. The van der Waals surface area contributed by atoms with Crippen LogP contribution in [0.25, 0.3) is 11.8 Å². The Labute approximate surface area is 183 Å². The number of rotatable bonds is 8. The topological polar surface area (TPSA) is 100 Å². The minimum Gasteiger partial charge on any atom is -0.486 e. The van der Waals surface area contributed by atoms with E-state index in [1.54, 1.807) is 61.9 Å². The molecule has 0 aliphatic rings. The van der Waals surface area contributed by atoms with Crippen molar-refractivity contribution in [3.8, 4) is 11.4 Å². The van der Waals surface area contributed by atoms with Crippen molar-refractivity contribution in [1.82, 2.24) is 9.55 Å². The Balaban J connectivity index is 1.35. The molecule has 0 aliphatic heterocycles. The molecule has 0 amide bonds. The van der Waals surface area contributed by atoms with Gasteiger partial charge in [-0.25, -0.2) is 4.98 Å².